The van der Waals surface area contributed by atoms with Crippen LogP contribution < -0.4 is 29.6 Å². The second-order valence-electron chi connectivity index (χ2n) is 6.79. The van der Waals surface area contributed by atoms with Crippen molar-refractivity contribution in [2.45, 2.75) is 103 Å². The minimum Gasteiger partial charge on any atom is -0.726 e. The summed E-state index contributed by atoms with van der Waals surface area (Å²) in [6, 6.07) is 0. The van der Waals surface area contributed by atoms with Crippen LogP contribution in [-0.2, 0) is 19.3 Å². The van der Waals surface area contributed by atoms with Crippen molar-refractivity contribution < 1.29 is 51.4 Å². The minimum absolute atomic E-state index is 0. The van der Waals surface area contributed by atoms with E-state index in [0.717, 1.165) is 12.8 Å². The molecule has 0 spiro atoms. The van der Waals surface area contributed by atoms with Gasteiger partial charge in [-0.3, -0.25) is 4.18 Å². The van der Waals surface area contributed by atoms with Crippen molar-refractivity contribution in [3.63, 3.8) is 0 Å². The third-order valence-corrected chi connectivity index (χ3v) is 4.80. The van der Waals surface area contributed by atoms with Crippen LogP contribution in [0.1, 0.15) is 103 Å². The summed E-state index contributed by atoms with van der Waals surface area (Å²) in [5.41, 5.74) is 0. The quantitative estimate of drug-likeness (QED) is 0.135. The van der Waals surface area contributed by atoms with Gasteiger partial charge in [0, 0.05) is 6.61 Å². The molecule has 0 rings (SSSR count). The first-order valence-corrected chi connectivity index (χ1v) is 11.6. The van der Waals surface area contributed by atoms with E-state index in [1.54, 1.807) is 0 Å². The van der Waals surface area contributed by atoms with Crippen LogP contribution in [0.5, 0.6) is 0 Å². The fourth-order valence-electron chi connectivity index (χ4n) is 2.87. The van der Waals surface area contributed by atoms with Crippen LogP contribution in [0.15, 0.2) is 0 Å². The Balaban J connectivity index is 0. The Kier molecular flexibility index (Phi) is 24.7. The predicted octanol–water partition coefficient (Wildman–Crippen LogP) is 2.36. The molecule has 0 aliphatic heterocycles. The first kappa shape index (κ1) is 29.0. The third-order valence-electron chi connectivity index (χ3n) is 4.35. The Bertz CT molecular complexity index is 363. The topological polar surface area (TPSA) is 75.7 Å². The Morgan fingerprint density at radius 1 is 0.615 bits per heavy atom. The molecule has 7 heteroatoms. The maximum atomic E-state index is 10.2. The van der Waals surface area contributed by atoms with Gasteiger partial charge in [-0.1, -0.05) is 96.8 Å². The number of unbranched alkanes of at least 4 members (excludes halogenated alkanes) is 14. The van der Waals surface area contributed by atoms with Crippen LogP contribution in [0.3, 0.4) is 0 Å². The molecule has 0 radical (unpaired) electrons. The molecule has 0 bridgehead atoms. The van der Waals surface area contributed by atoms with Gasteiger partial charge < -0.3 is 9.29 Å². The van der Waals surface area contributed by atoms with Gasteiger partial charge in [-0.05, 0) is 6.42 Å². The second kappa shape index (κ2) is 22.1. The van der Waals surface area contributed by atoms with Gasteiger partial charge in [-0.15, -0.1) is 0 Å². The smallest absolute Gasteiger partial charge is 0.726 e. The van der Waals surface area contributed by atoms with Gasteiger partial charge in [-0.25, -0.2) is 8.42 Å². The van der Waals surface area contributed by atoms with Crippen molar-refractivity contribution in [2.75, 3.05) is 19.8 Å². The van der Waals surface area contributed by atoms with Crippen LogP contribution in [0.2, 0.25) is 0 Å². The largest absolute Gasteiger partial charge is 1.00 e. The Hall–Kier alpha value is 0.830. The first-order valence-electron chi connectivity index (χ1n) is 10.2. The van der Waals surface area contributed by atoms with Crippen LogP contribution in [0.25, 0.3) is 0 Å². The van der Waals surface area contributed by atoms with Gasteiger partial charge in [0.2, 0.25) is 10.4 Å². The molecule has 0 aliphatic rings. The summed E-state index contributed by atoms with van der Waals surface area (Å²) in [7, 11) is -4.58. The van der Waals surface area contributed by atoms with Gasteiger partial charge >= 0.3 is 29.6 Å². The molecule has 0 aliphatic carbocycles. The molecule has 0 amide bonds. The zero-order valence-electron chi connectivity index (χ0n) is 17.2. The van der Waals surface area contributed by atoms with Crippen molar-refractivity contribution >= 4 is 10.4 Å². The fourth-order valence-corrected chi connectivity index (χ4v) is 3.14. The molecule has 0 N–H and O–H groups in total. The van der Waals surface area contributed by atoms with Crippen molar-refractivity contribution in [2.24, 2.45) is 0 Å². The molecular formula is C19H39NaO5S. The summed E-state index contributed by atoms with van der Waals surface area (Å²) < 4.78 is 39.8. The number of ether oxygens (including phenoxy) is 1. The average molecular weight is 403 g/mol. The molecule has 0 aromatic carbocycles. The summed E-state index contributed by atoms with van der Waals surface area (Å²) in [5.74, 6) is 0. The van der Waals surface area contributed by atoms with Crippen molar-refractivity contribution in [3.05, 3.63) is 0 Å². The number of hydrogen-bond acceptors (Lipinski definition) is 5. The van der Waals surface area contributed by atoms with Crippen LogP contribution >= 0.6 is 0 Å². The summed E-state index contributed by atoms with van der Waals surface area (Å²) in [4.78, 5) is 0. The normalized spacial score (nSPS) is 11.5. The summed E-state index contributed by atoms with van der Waals surface area (Å²) >= 11 is 0. The van der Waals surface area contributed by atoms with Crippen molar-refractivity contribution in [1.82, 2.24) is 0 Å². The van der Waals surface area contributed by atoms with Gasteiger partial charge in [0.25, 0.3) is 0 Å². The molecule has 0 fully saturated rings. The van der Waals surface area contributed by atoms with Gasteiger partial charge in [0.15, 0.2) is 0 Å². The number of hydrogen-bond donors (Lipinski definition) is 0. The van der Waals surface area contributed by atoms with Crippen molar-refractivity contribution in [1.29, 1.82) is 0 Å². The van der Waals surface area contributed by atoms with E-state index in [-0.39, 0.29) is 42.8 Å². The molecule has 0 saturated carbocycles. The Labute approximate surface area is 184 Å². The SMILES string of the molecule is CCCCCCCCCCCCCCCCCOCCOS(=O)(=O)[O-].[Na+]. The molecule has 0 aromatic heterocycles. The Morgan fingerprint density at radius 3 is 1.38 bits per heavy atom. The zero-order chi connectivity index (χ0) is 18.6. The number of rotatable bonds is 20. The summed E-state index contributed by atoms with van der Waals surface area (Å²) in [6.45, 7) is 2.82. The van der Waals surface area contributed by atoms with Gasteiger partial charge in [-0.2, -0.15) is 0 Å². The maximum Gasteiger partial charge on any atom is 1.00 e. The van der Waals surface area contributed by atoms with E-state index in [1.165, 1.54) is 83.5 Å². The van der Waals surface area contributed by atoms with Gasteiger partial charge in [0.1, 0.15) is 0 Å². The van der Waals surface area contributed by atoms with Crippen LogP contribution in [0, 0.1) is 0 Å². The molecular weight excluding hydrogens is 363 g/mol. The Morgan fingerprint density at radius 2 is 1.00 bits per heavy atom. The molecule has 5 nitrogen and oxygen atoms in total. The molecule has 26 heavy (non-hydrogen) atoms. The minimum atomic E-state index is -4.58. The molecule has 152 valence electrons. The maximum absolute atomic E-state index is 10.2. The van der Waals surface area contributed by atoms with Crippen LogP contribution in [-0.4, -0.2) is 32.8 Å². The van der Waals surface area contributed by atoms with E-state index < -0.39 is 10.4 Å². The van der Waals surface area contributed by atoms with E-state index >= 15 is 0 Å². The van der Waals surface area contributed by atoms with Gasteiger partial charge in [0.05, 0.1) is 13.2 Å². The molecule has 0 saturated heterocycles. The zero-order valence-corrected chi connectivity index (χ0v) is 20.0. The third kappa shape index (κ3) is 27.1. The monoisotopic (exact) mass is 402 g/mol. The van der Waals surface area contributed by atoms with E-state index in [0.29, 0.717) is 6.61 Å². The molecule has 0 unspecified atom stereocenters. The first-order chi connectivity index (χ1) is 12.1. The molecule has 0 heterocycles. The molecule has 0 atom stereocenters. The van der Waals surface area contributed by atoms with E-state index in [9.17, 15) is 13.0 Å². The predicted molar refractivity (Wildman–Crippen MR) is 101 cm³/mol. The summed E-state index contributed by atoms with van der Waals surface area (Å²) in [6.07, 6.45) is 19.9. The van der Waals surface area contributed by atoms with E-state index in [2.05, 4.69) is 11.1 Å². The van der Waals surface area contributed by atoms with E-state index in [4.69, 9.17) is 4.74 Å². The molecule has 0 aromatic rings. The van der Waals surface area contributed by atoms with Crippen molar-refractivity contribution in [3.8, 4) is 0 Å². The van der Waals surface area contributed by atoms with E-state index in [1.807, 2.05) is 0 Å². The summed E-state index contributed by atoms with van der Waals surface area (Å²) in [5, 5.41) is 0. The standard InChI is InChI=1S/C19H40O5S.Na/c1-2-3-4-5-6-7-8-9-10-11-12-13-14-15-16-17-23-18-19-24-25(20,21)22;/h2-19H2,1H3,(H,20,21,22);/q;+1/p-1. The average Bonchev–Trinajstić information content (AvgIpc) is 2.56. The fraction of sp³-hybridized carbons (Fsp3) is 1.00. The van der Waals surface area contributed by atoms with Crippen LogP contribution in [0.4, 0.5) is 0 Å². The second-order valence-corrected chi connectivity index (χ2v) is 7.84.